The number of aliphatic hydroxyl groups excluding tert-OH is 1. The number of hydrogen-bond donors (Lipinski definition) is 1. The molecule has 0 aromatic carbocycles. The second kappa shape index (κ2) is 8.90. The molecule has 0 aliphatic carbocycles. The van der Waals surface area contributed by atoms with E-state index in [4.69, 9.17) is 4.74 Å². The summed E-state index contributed by atoms with van der Waals surface area (Å²) >= 11 is 0. The van der Waals surface area contributed by atoms with Gasteiger partial charge >= 0.3 is 0 Å². The van der Waals surface area contributed by atoms with Crippen LogP contribution >= 0.6 is 0 Å². The summed E-state index contributed by atoms with van der Waals surface area (Å²) in [5, 5.41) is 10.3. The third-order valence-electron chi connectivity index (χ3n) is 3.29. The third kappa shape index (κ3) is 7.88. The van der Waals surface area contributed by atoms with Gasteiger partial charge in [-0.25, -0.2) is 0 Å². The Morgan fingerprint density at radius 3 is 2.00 bits per heavy atom. The number of morpholine rings is 1. The van der Waals surface area contributed by atoms with Gasteiger partial charge in [0, 0.05) is 39.3 Å². The number of ether oxygens (including phenoxy) is 1. The molecule has 114 valence electrons. The van der Waals surface area contributed by atoms with Crippen LogP contribution in [0, 0.1) is 11.8 Å². The van der Waals surface area contributed by atoms with E-state index in [-0.39, 0.29) is 6.10 Å². The molecule has 1 N–H and O–H groups in total. The summed E-state index contributed by atoms with van der Waals surface area (Å²) in [6.07, 6.45) is -0.254. The van der Waals surface area contributed by atoms with Gasteiger partial charge in [0.25, 0.3) is 0 Å². The first kappa shape index (κ1) is 16.9. The van der Waals surface area contributed by atoms with E-state index >= 15 is 0 Å². The lowest BCUT2D eigenvalue weighted by Crippen LogP contribution is -2.45. The van der Waals surface area contributed by atoms with E-state index in [2.05, 4.69) is 37.5 Å². The SMILES string of the molecule is CC(C)CN(CC(C)C)CC(O)CN1CCOCC1. The zero-order chi connectivity index (χ0) is 14.3. The predicted molar refractivity (Wildman–Crippen MR) is 79.4 cm³/mol. The largest absolute Gasteiger partial charge is 0.390 e. The molecule has 1 fully saturated rings. The Morgan fingerprint density at radius 2 is 1.53 bits per heavy atom. The van der Waals surface area contributed by atoms with E-state index in [1.807, 2.05) is 0 Å². The molecule has 1 aliphatic rings. The van der Waals surface area contributed by atoms with Crippen molar-refractivity contribution in [1.29, 1.82) is 0 Å². The molecule has 1 saturated heterocycles. The fourth-order valence-corrected chi connectivity index (χ4v) is 2.69. The maximum absolute atomic E-state index is 10.3. The minimum Gasteiger partial charge on any atom is -0.390 e. The fraction of sp³-hybridized carbons (Fsp3) is 1.00. The van der Waals surface area contributed by atoms with Gasteiger partial charge in [0.1, 0.15) is 0 Å². The zero-order valence-corrected chi connectivity index (χ0v) is 13.1. The second-order valence-electron chi connectivity index (χ2n) is 6.57. The van der Waals surface area contributed by atoms with Crippen LogP contribution in [0.4, 0.5) is 0 Å². The molecule has 1 rings (SSSR count). The summed E-state index contributed by atoms with van der Waals surface area (Å²) in [6.45, 7) is 16.1. The van der Waals surface area contributed by atoms with Gasteiger partial charge in [-0.2, -0.15) is 0 Å². The van der Waals surface area contributed by atoms with Gasteiger partial charge in [-0.1, -0.05) is 27.7 Å². The molecular formula is C15H32N2O2. The summed E-state index contributed by atoms with van der Waals surface area (Å²) < 4.78 is 5.33. The topological polar surface area (TPSA) is 35.9 Å². The fourth-order valence-electron chi connectivity index (χ4n) is 2.69. The Balaban J connectivity index is 2.33. The van der Waals surface area contributed by atoms with Crippen LogP contribution in [-0.2, 0) is 4.74 Å². The number of aliphatic hydroxyl groups is 1. The minimum atomic E-state index is -0.254. The molecular weight excluding hydrogens is 240 g/mol. The van der Waals surface area contributed by atoms with Crippen molar-refractivity contribution in [3.63, 3.8) is 0 Å². The molecule has 0 spiro atoms. The average Bonchev–Trinajstić information content (AvgIpc) is 2.27. The van der Waals surface area contributed by atoms with Crippen molar-refractivity contribution in [3.8, 4) is 0 Å². The highest BCUT2D eigenvalue weighted by atomic mass is 16.5. The van der Waals surface area contributed by atoms with Crippen molar-refractivity contribution in [2.24, 2.45) is 11.8 Å². The van der Waals surface area contributed by atoms with Crippen LogP contribution in [0.25, 0.3) is 0 Å². The third-order valence-corrected chi connectivity index (χ3v) is 3.29. The summed E-state index contributed by atoms with van der Waals surface area (Å²) in [5.74, 6) is 1.30. The van der Waals surface area contributed by atoms with Gasteiger partial charge in [0.05, 0.1) is 19.3 Å². The highest BCUT2D eigenvalue weighted by Gasteiger charge is 2.18. The molecule has 0 saturated carbocycles. The van der Waals surface area contributed by atoms with Crippen LogP contribution in [0.2, 0.25) is 0 Å². The summed E-state index contributed by atoms with van der Waals surface area (Å²) in [5.41, 5.74) is 0. The van der Waals surface area contributed by atoms with Crippen LogP contribution in [0.3, 0.4) is 0 Å². The Labute approximate surface area is 118 Å². The van der Waals surface area contributed by atoms with Gasteiger partial charge in [-0.05, 0) is 11.8 Å². The zero-order valence-electron chi connectivity index (χ0n) is 13.1. The Hall–Kier alpha value is -0.160. The van der Waals surface area contributed by atoms with E-state index < -0.39 is 0 Å². The first-order valence-electron chi connectivity index (χ1n) is 7.68. The van der Waals surface area contributed by atoms with Gasteiger partial charge in [0.2, 0.25) is 0 Å². The average molecular weight is 272 g/mol. The Bertz CT molecular complexity index is 218. The smallest absolute Gasteiger partial charge is 0.0793 e. The Morgan fingerprint density at radius 1 is 1.00 bits per heavy atom. The standard InChI is InChI=1S/C15H32N2O2/c1-13(2)9-17(10-14(3)4)12-15(18)11-16-5-7-19-8-6-16/h13-15,18H,5-12H2,1-4H3. The summed E-state index contributed by atoms with van der Waals surface area (Å²) in [6, 6.07) is 0. The Kier molecular flexibility index (Phi) is 7.91. The van der Waals surface area contributed by atoms with Crippen LogP contribution in [0.5, 0.6) is 0 Å². The van der Waals surface area contributed by atoms with Crippen LogP contribution in [-0.4, -0.2) is 73.5 Å². The molecule has 1 aliphatic heterocycles. The molecule has 4 nitrogen and oxygen atoms in total. The predicted octanol–water partition coefficient (Wildman–Crippen LogP) is 1.29. The molecule has 1 unspecified atom stereocenters. The molecule has 0 bridgehead atoms. The lowest BCUT2D eigenvalue weighted by molar-refractivity contribution is 0.00523. The van der Waals surface area contributed by atoms with E-state index in [0.717, 1.165) is 52.5 Å². The molecule has 0 aromatic heterocycles. The maximum Gasteiger partial charge on any atom is 0.0793 e. The van der Waals surface area contributed by atoms with E-state index in [1.54, 1.807) is 0 Å². The van der Waals surface area contributed by atoms with E-state index in [0.29, 0.717) is 11.8 Å². The van der Waals surface area contributed by atoms with Gasteiger partial charge in [-0.3, -0.25) is 4.90 Å². The molecule has 1 heterocycles. The van der Waals surface area contributed by atoms with Gasteiger partial charge in [0.15, 0.2) is 0 Å². The molecule has 19 heavy (non-hydrogen) atoms. The lowest BCUT2D eigenvalue weighted by Gasteiger charge is -2.32. The van der Waals surface area contributed by atoms with Crippen molar-refractivity contribution in [3.05, 3.63) is 0 Å². The first-order chi connectivity index (χ1) is 8.97. The van der Waals surface area contributed by atoms with E-state index in [9.17, 15) is 5.11 Å². The molecule has 4 heteroatoms. The quantitative estimate of drug-likeness (QED) is 0.722. The molecule has 0 radical (unpaired) electrons. The first-order valence-corrected chi connectivity index (χ1v) is 7.68. The monoisotopic (exact) mass is 272 g/mol. The van der Waals surface area contributed by atoms with Crippen molar-refractivity contribution < 1.29 is 9.84 Å². The molecule has 1 atom stereocenters. The molecule has 0 amide bonds. The molecule has 0 aromatic rings. The number of rotatable bonds is 8. The summed E-state index contributed by atoms with van der Waals surface area (Å²) in [4.78, 5) is 4.71. The van der Waals surface area contributed by atoms with Crippen molar-refractivity contribution in [1.82, 2.24) is 9.80 Å². The van der Waals surface area contributed by atoms with Crippen LogP contribution in [0.15, 0.2) is 0 Å². The van der Waals surface area contributed by atoms with Crippen molar-refractivity contribution in [2.45, 2.75) is 33.8 Å². The van der Waals surface area contributed by atoms with Crippen LogP contribution in [0.1, 0.15) is 27.7 Å². The van der Waals surface area contributed by atoms with Crippen LogP contribution < -0.4 is 0 Å². The van der Waals surface area contributed by atoms with Crippen molar-refractivity contribution >= 4 is 0 Å². The summed E-state index contributed by atoms with van der Waals surface area (Å²) in [7, 11) is 0. The lowest BCUT2D eigenvalue weighted by atomic mass is 10.1. The van der Waals surface area contributed by atoms with Gasteiger partial charge in [-0.15, -0.1) is 0 Å². The highest BCUT2D eigenvalue weighted by molar-refractivity contribution is 4.72. The maximum atomic E-state index is 10.3. The number of nitrogens with zero attached hydrogens (tertiary/aromatic N) is 2. The number of β-amino-alcohol motifs (C(OH)–C–C–N with tert-alkyl or cyclic N) is 1. The minimum absolute atomic E-state index is 0.254. The van der Waals surface area contributed by atoms with E-state index in [1.165, 1.54) is 0 Å². The second-order valence-corrected chi connectivity index (χ2v) is 6.57. The van der Waals surface area contributed by atoms with Crippen molar-refractivity contribution in [2.75, 3.05) is 52.5 Å². The van der Waals surface area contributed by atoms with Gasteiger partial charge < -0.3 is 14.7 Å². The highest BCUT2D eigenvalue weighted by Crippen LogP contribution is 2.06. The number of hydrogen-bond acceptors (Lipinski definition) is 4. The normalized spacial score (nSPS) is 19.6.